The number of nitrogens with zero attached hydrogens (tertiary/aromatic N) is 3. The highest BCUT2D eigenvalue weighted by atomic mass is 35.5. The molecule has 232 valence electrons. The van der Waals surface area contributed by atoms with Gasteiger partial charge in [0.25, 0.3) is 0 Å². The number of allylic oxidation sites excluding steroid dienone is 3. The van der Waals surface area contributed by atoms with Crippen LogP contribution in [0.3, 0.4) is 0 Å². The Morgan fingerprint density at radius 1 is 0.822 bits per heavy atom. The zero-order valence-corrected chi connectivity index (χ0v) is 27.7. The quantitative estimate of drug-likeness (QED) is 0.129. The molecule has 0 amide bonds. The highest BCUT2D eigenvalue weighted by Crippen LogP contribution is 2.42. The lowest BCUT2D eigenvalue weighted by atomic mass is 9.72. The Morgan fingerprint density at radius 3 is 2.09 bits per heavy atom. The average Bonchev–Trinajstić information content (AvgIpc) is 3.03. The predicted octanol–water partition coefficient (Wildman–Crippen LogP) is 11.2. The first-order valence-electron chi connectivity index (χ1n) is 14.9. The molecule has 0 aliphatic rings. The predicted molar refractivity (Wildman–Crippen MR) is 198 cm³/mol. The topological polar surface area (TPSA) is 28.0 Å². The van der Waals surface area contributed by atoms with Gasteiger partial charge in [0.1, 0.15) is 0 Å². The largest absolute Gasteiger partial charge is 0.354 e. The number of benzene rings is 4. The summed E-state index contributed by atoms with van der Waals surface area (Å²) in [7, 11) is 2.04. The van der Waals surface area contributed by atoms with E-state index in [0.717, 1.165) is 50.5 Å². The Morgan fingerprint density at radius 2 is 1.47 bits per heavy atom. The molecule has 0 fully saturated rings. The molecule has 4 aromatic rings. The van der Waals surface area contributed by atoms with Gasteiger partial charge in [-0.15, -0.1) is 0 Å². The van der Waals surface area contributed by atoms with Crippen LogP contribution in [0.2, 0.25) is 5.02 Å². The third-order valence-corrected chi connectivity index (χ3v) is 8.45. The first-order valence-corrected chi connectivity index (χ1v) is 15.3. The summed E-state index contributed by atoms with van der Waals surface area (Å²) in [5.41, 5.74) is 11.4. The fourth-order valence-electron chi connectivity index (χ4n) is 5.67. The van der Waals surface area contributed by atoms with Gasteiger partial charge in [-0.1, -0.05) is 116 Å². The van der Waals surface area contributed by atoms with Gasteiger partial charge >= 0.3 is 0 Å². The molecular weight excluding hydrogens is 570 g/mol. The first kappa shape index (κ1) is 35.0. The van der Waals surface area contributed by atoms with E-state index in [1.807, 2.05) is 69.6 Å². The number of hydrogen-bond acceptors (Lipinski definition) is 3. The minimum absolute atomic E-state index is 0. The summed E-state index contributed by atoms with van der Waals surface area (Å²) in [5, 5.41) is 9.92. The minimum atomic E-state index is -0.483. The number of hydrogen-bond donors (Lipinski definition) is 0. The van der Waals surface area contributed by atoms with Crippen LogP contribution >= 0.6 is 11.6 Å². The van der Waals surface area contributed by atoms with E-state index in [1.54, 1.807) is 0 Å². The Hall–Kier alpha value is -4.47. The molecule has 4 heteroatoms. The number of likely N-dealkylation sites (N-methyl/N-ethyl adjacent to an activating group) is 1. The van der Waals surface area contributed by atoms with Crippen molar-refractivity contribution in [2.75, 3.05) is 7.05 Å². The molecule has 0 saturated heterocycles. The van der Waals surface area contributed by atoms with Gasteiger partial charge in [0.2, 0.25) is 0 Å². The molecule has 45 heavy (non-hydrogen) atoms. The van der Waals surface area contributed by atoms with Gasteiger partial charge in [-0.2, -0.15) is 10.2 Å². The van der Waals surface area contributed by atoms with Crippen molar-refractivity contribution in [1.82, 2.24) is 4.90 Å². The summed E-state index contributed by atoms with van der Waals surface area (Å²) in [4.78, 5) is 2.09. The van der Waals surface area contributed by atoms with Gasteiger partial charge in [-0.05, 0) is 111 Å². The second kappa shape index (κ2) is 15.5. The van der Waals surface area contributed by atoms with Crippen molar-refractivity contribution >= 4 is 28.6 Å². The van der Waals surface area contributed by atoms with Crippen molar-refractivity contribution in [2.24, 2.45) is 10.2 Å². The number of halogens is 1. The van der Waals surface area contributed by atoms with Crippen molar-refractivity contribution < 1.29 is 0 Å². The molecule has 0 saturated carbocycles. The Labute approximate surface area is 276 Å². The molecule has 0 radical (unpaired) electrons. The number of rotatable bonds is 10. The van der Waals surface area contributed by atoms with Crippen LogP contribution in [0.15, 0.2) is 138 Å². The van der Waals surface area contributed by atoms with E-state index >= 15 is 0 Å². The molecule has 4 aromatic carbocycles. The zero-order valence-electron chi connectivity index (χ0n) is 26.9. The van der Waals surface area contributed by atoms with Gasteiger partial charge < -0.3 is 4.90 Å². The van der Waals surface area contributed by atoms with E-state index in [-0.39, 0.29) is 7.43 Å². The van der Waals surface area contributed by atoms with Crippen molar-refractivity contribution in [3.8, 4) is 0 Å². The number of aryl methyl sites for hydroxylation is 2. The summed E-state index contributed by atoms with van der Waals surface area (Å²) in [6.45, 7) is 16.7. The summed E-state index contributed by atoms with van der Waals surface area (Å²) in [6.07, 6.45) is 6.17. The normalized spacial score (nSPS) is 14.0. The fourth-order valence-corrected chi connectivity index (χ4v) is 5.80. The van der Waals surface area contributed by atoms with Crippen molar-refractivity contribution in [3.05, 3.63) is 172 Å². The molecule has 1 unspecified atom stereocenters. The average molecular weight is 616 g/mol. The van der Waals surface area contributed by atoms with Crippen LogP contribution in [0, 0.1) is 13.8 Å². The van der Waals surface area contributed by atoms with E-state index in [4.69, 9.17) is 11.6 Å². The maximum atomic E-state index is 6.34. The maximum absolute atomic E-state index is 6.34. The van der Waals surface area contributed by atoms with E-state index in [2.05, 4.69) is 116 Å². The first-order chi connectivity index (χ1) is 21.1. The van der Waals surface area contributed by atoms with Crippen LogP contribution in [-0.2, 0) is 5.41 Å². The van der Waals surface area contributed by atoms with E-state index in [1.165, 1.54) is 11.1 Å². The van der Waals surface area contributed by atoms with Crippen LogP contribution in [0.4, 0.5) is 0 Å². The third kappa shape index (κ3) is 7.98. The molecule has 1 atom stereocenters. The second-order valence-electron chi connectivity index (χ2n) is 11.3. The van der Waals surface area contributed by atoms with E-state index in [0.29, 0.717) is 5.02 Å². The molecule has 0 heterocycles. The van der Waals surface area contributed by atoms with Crippen LogP contribution in [0.1, 0.15) is 74.1 Å². The minimum Gasteiger partial charge on any atom is -0.354 e. The molecule has 3 nitrogen and oxygen atoms in total. The summed E-state index contributed by atoms with van der Waals surface area (Å²) in [6, 6.07) is 33.7. The highest BCUT2D eigenvalue weighted by molar-refractivity contribution is 6.30. The summed E-state index contributed by atoms with van der Waals surface area (Å²) < 4.78 is 0. The molecular formula is C41H46ClN3. The van der Waals surface area contributed by atoms with Crippen molar-refractivity contribution in [3.63, 3.8) is 0 Å². The molecule has 0 N–H and O–H groups in total. The highest BCUT2D eigenvalue weighted by Gasteiger charge is 2.35. The van der Waals surface area contributed by atoms with Gasteiger partial charge in [0, 0.05) is 17.8 Å². The lowest BCUT2D eigenvalue weighted by Gasteiger charge is -2.38. The standard InChI is InChI=1S/C40H42ClN3.CH4/c1-9-39(44(8)10-2)40(7,34-21-23-36(41)24-22-34)35-20-19-29(4)37(27-35)38(33-18-14-15-28(3)25-33)26-30(5)42-43-31(6)32-16-12-11-13-17-32;/h9-27H,2H2,1,3-8H3;1H4/b38-26-,39-9-,42-30+,43-31+;. The Bertz CT molecular complexity index is 1740. The lowest BCUT2D eigenvalue weighted by Crippen LogP contribution is -2.33. The van der Waals surface area contributed by atoms with Crippen LogP contribution < -0.4 is 0 Å². The summed E-state index contributed by atoms with van der Waals surface area (Å²) in [5.74, 6) is 0. The van der Waals surface area contributed by atoms with Crippen LogP contribution in [-0.4, -0.2) is 23.4 Å². The van der Waals surface area contributed by atoms with Gasteiger partial charge in [0.05, 0.1) is 16.8 Å². The molecule has 4 rings (SSSR count). The van der Waals surface area contributed by atoms with Gasteiger partial charge in [-0.3, -0.25) is 0 Å². The Kier molecular flexibility index (Phi) is 12.1. The molecule has 0 aliphatic heterocycles. The summed E-state index contributed by atoms with van der Waals surface area (Å²) >= 11 is 6.34. The third-order valence-electron chi connectivity index (χ3n) is 8.20. The second-order valence-corrected chi connectivity index (χ2v) is 11.8. The SMILES string of the molecule is C.C=CN(C)/C(=C\C)C(C)(c1ccc(Cl)cc1)c1ccc(C)c(\C(=C/C(C)=N/N=C(\C)c2ccccc2)c2cccc(C)c2)c1. The molecule has 0 bridgehead atoms. The Balaban J connectivity index is 0.00000552. The zero-order chi connectivity index (χ0) is 31.9. The lowest BCUT2D eigenvalue weighted by molar-refractivity contribution is 0.460. The molecule has 0 spiro atoms. The van der Waals surface area contributed by atoms with Gasteiger partial charge in [0.15, 0.2) is 0 Å². The van der Waals surface area contributed by atoms with Gasteiger partial charge in [-0.25, -0.2) is 0 Å². The van der Waals surface area contributed by atoms with Crippen molar-refractivity contribution in [1.29, 1.82) is 0 Å². The van der Waals surface area contributed by atoms with Crippen LogP contribution in [0.25, 0.3) is 5.57 Å². The maximum Gasteiger partial charge on any atom is 0.0671 e. The van der Waals surface area contributed by atoms with Crippen molar-refractivity contribution in [2.45, 2.75) is 54.4 Å². The molecule has 0 aliphatic carbocycles. The molecule has 0 aromatic heterocycles. The smallest absolute Gasteiger partial charge is 0.0671 e. The monoisotopic (exact) mass is 615 g/mol. The van der Waals surface area contributed by atoms with E-state index in [9.17, 15) is 0 Å². The van der Waals surface area contributed by atoms with Crippen LogP contribution in [0.5, 0.6) is 0 Å². The van der Waals surface area contributed by atoms with E-state index < -0.39 is 5.41 Å². The fraction of sp³-hybridized carbons (Fsp3) is 0.220.